The van der Waals surface area contributed by atoms with Crippen LogP contribution in [0.25, 0.3) is 0 Å². The Balaban J connectivity index is 1.93. The molecule has 0 aliphatic carbocycles. The third-order valence-electron chi connectivity index (χ3n) is 3.80. The van der Waals surface area contributed by atoms with Crippen LogP contribution in [0.3, 0.4) is 0 Å². The van der Waals surface area contributed by atoms with Gasteiger partial charge in [-0.15, -0.1) is 0 Å². The third kappa shape index (κ3) is 4.51. The minimum atomic E-state index is 0.331. The van der Waals surface area contributed by atoms with E-state index in [2.05, 4.69) is 47.9 Å². The van der Waals surface area contributed by atoms with Crippen molar-refractivity contribution in [2.45, 2.75) is 32.2 Å². The first-order valence-corrected chi connectivity index (χ1v) is 8.46. The van der Waals surface area contributed by atoms with Gasteiger partial charge in [0.1, 0.15) is 0 Å². The van der Waals surface area contributed by atoms with Gasteiger partial charge in [0.05, 0.1) is 0 Å². The third-order valence-corrected chi connectivity index (χ3v) is 4.83. The fourth-order valence-corrected chi connectivity index (χ4v) is 3.76. The SMILES string of the molecule is Cc1ccc(C2CSCCN2CCCCCO)cc1. The Bertz CT molecular complexity index is 366. The summed E-state index contributed by atoms with van der Waals surface area (Å²) in [4.78, 5) is 2.62. The van der Waals surface area contributed by atoms with Crippen LogP contribution in [0, 0.1) is 6.92 Å². The molecular weight excluding hydrogens is 254 g/mol. The van der Waals surface area contributed by atoms with Crippen LogP contribution in [-0.4, -0.2) is 41.2 Å². The second-order valence-corrected chi connectivity index (χ2v) is 6.47. The number of nitrogens with zero attached hydrogens (tertiary/aromatic N) is 1. The molecule has 1 saturated heterocycles. The van der Waals surface area contributed by atoms with Crippen molar-refractivity contribution in [3.63, 3.8) is 0 Å². The summed E-state index contributed by atoms with van der Waals surface area (Å²) in [6.45, 7) is 4.84. The molecule has 0 bridgehead atoms. The van der Waals surface area contributed by atoms with Crippen molar-refractivity contribution >= 4 is 11.8 Å². The lowest BCUT2D eigenvalue weighted by Crippen LogP contribution is -2.36. The average molecular weight is 279 g/mol. The van der Waals surface area contributed by atoms with Crippen LogP contribution >= 0.6 is 11.8 Å². The minimum Gasteiger partial charge on any atom is -0.396 e. The molecule has 2 rings (SSSR count). The lowest BCUT2D eigenvalue weighted by molar-refractivity contribution is 0.211. The Kier molecular flexibility index (Phi) is 6.21. The number of unbranched alkanes of at least 4 members (excludes halogenated alkanes) is 2. The van der Waals surface area contributed by atoms with Gasteiger partial charge in [0.25, 0.3) is 0 Å². The number of aliphatic hydroxyl groups excluding tert-OH is 1. The summed E-state index contributed by atoms with van der Waals surface area (Å²) >= 11 is 2.07. The number of rotatable bonds is 6. The van der Waals surface area contributed by atoms with E-state index in [0.29, 0.717) is 12.6 Å². The molecule has 1 aliphatic heterocycles. The van der Waals surface area contributed by atoms with E-state index >= 15 is 0 Å². The average Bonchev–Trinajstić information content (AvgIpc) is 2.45. The number of hydrogen-bond acceptors (Lipinski definition) is 3. The number of aliphatic hydroxyl groups is 1. The van der Waals surface area contributed by atoms with Crippen molar-refractivity contribution < 1.29 is 5.11 Å². The predicted molar refractivity (Wildman–Crippen MR) is 83.8 cm³/mol. The zero-order valence-corrected chi connectivity index (χ0v) is 12.7. The monoisotopic (exact) mass is 279 g/mol. The highest BCUT2D eigenvalue weighted by atomic mass is 32.2. The normalized spacial score (nSPS) is 20.6. The lowest BCUT2D eigenvalue weighted by Gasteiger charge is -2.35. The summed E-state index contributed by atoms with van der Waals surface area (Å²) in [6, 6.07) is 9.59. The van der Waals surface area contributed by atoms with Crippen molar-refractivity contribution in [1.82, 2.24) is 4.90 Å². The molecule has 1 aromatic carbocycles. The largest absolute Gasteiger partial charge is 0.396 e. The van der Waals surface area contributed by atoms with Crippen LogP contribution < -0.4 is 0 Å². The Morgan fingerprint density at radius 1 is 1.21 bits per heavy atom. The summed E-state index contributed by atoms with van der Waals surface area (Å²) in [5.74, 6) is 2.46. The van der Waals surface area contributed by atoms with Crippen LogP contribution in [0.5, 0.6) is 0 Å². The van der Waals surface area contributed by atoms with Crippen LogP contribution in [0.4, 0.5) is 0 Å². The van der Waals surface area contributed by atoms with E-state index in [1.807, 2.05) is 0 Å². The van der Waals surface area contributed by atoms with Gasteiger partial charge in [0.15, 0.2) is 0 Å². The van der Waals surface area contributed by atoms with E-state index in [9.17, 15) is 0 Å². The van der Waals surface area contributed by atoms with E-state index in [1.54, 1.807) is 0 Å². The maximum Gasteiger partial charge on any atom is 0.0438 e. The lowest BCUT2D eigenvalue weighted by atomic mass is 10.0. The van der Waals surface area contributed by atoms with Gasteiger partial charge in [-0.1, -0.05) is 29.8 Å². The van der Waals surface area contributed by atoms with Crippen molar-refractivity contribution in [2.75, 3.05) is 31.2 Å². The Labute approximate surface area is 121 Å². The Hall–Kier alpha value is -0.510. The molecule has 1 unspecified atom stereocenters. The van der Waals surface area contributed by atoms with Crippen molar-refractivity contribution in [1.29, 1.82) is 0 Å². The second-order valence-electron chi connectivity index (χ2n) is 5.32. The summed E-state index contributed by atoms with van der Waals surface area (Å²) in [5, 5.41) is 8.84. The number of hydrogen-bond donors (Lipinski definition) is 1. The van der Waals surface area contributed by atoms with Crippen LogP contribution in [0.1, 0.15) is 36.4 Å². The zero-order valence-electron chi connectivity index (χ0n) is 11.8. The molecule has 1 N–H and O–H groups in total. The van der Waals surface area contributed by atoms with Gasteiger partial charge >= 0.3 is 0 Å². The van der Waals surface area contributed by atoms with Crippen molar-refractivity contribution in [3.8, 4) is 0 Å². The molecular formula is C16H25NOS. The van der Waals surface area contributed by atoms with Crippen molar-refractivity contribution in [2.24, 2.45) is 0 Å². The molecule has 0 amide bonds. The minimum absolute atomic E-state index is 0.331. The highest BCUT2D eigenvalue weighted by Gasteiger charge is 2.23. The molecule has 19 heavy (non-hydrogen) atoms. The first-order chi connectivity index (χ1) is 9.31. The molecule has 1 atom stereocenters. The molecule has 1 aromatic rings. The topological polar surface area (TPSA) is 23.5 Å². The van der Waals surface area contributed by atoms with Gasteiger partial charge < -0.3 is 5.11 Å². The zero-order chi connectivity index (χ0) is 13.5. The van der Waals surface area contributed by atoms with E-state index < -0.39 is 0 Å². The fraction of sp³-hybridized carbons (Fsp3) is 0.625. The van der Waals surface area contributed by atoms with E-state index in [1.165, 1.54) is 42.1 Å². The molecule has 1 aliphatic rings. The smallest absolute Gasteiger partial charge is 0.0438 e. The van der Waals surface area contributed by atoms with Gasteiger partial charge in [-0.2, -0.15) is 11.8 Å². The Morgan fingerprint density at radius 3 is 2.74 bits per heavy atom. The molecule has 2 nitrogen and oxygen atoms in total. The van der Waals surface area contributed by atoms with Crippen LogP contribution in [0.15, 0.2) is 24.3 Å². The molecule has 106 valence electrons. The molecule has 0 saturated carbocycles. The molecule has 1 heterocycles. The molecule has 0 radical (unpaired) electrons. The van der Waals surface area contributed by atoms with Crippen LogP contribution in [0.2, 0.25) is 0 Å². The summed E-state index contributed by atoms with van der Waals surface area (Å²) in [7, 11) is 0. The first-order valence-electron chi connectivity index (χ1n) is 7.30. The van der Waals surface area contributed by atoms with Gasteiger partial charge in [0.2, 0.25) is 0 Å². The summed E-state index contributed by atoms with van der Waals surface area (Å²) in [6.07, 6.45) is 3.28. The van der Waals surface area contributed by atoms with Crippen LogP contribution in [-0.2, 0) is 0 Å². The molecule has 0 spiro atoms. The van der Waals surface area contributed by atoms with E-state index in [4.69, 9.17) is 5.11 Å². The summed E-state index contributed by atoms with van der Waals surface area (Å²) < 4.78 is 0. The molecule has 1 fully saturated rings. The first kappa shape index (κ1) is 14.9. The highest BCUT2D eigenvalue weighted by Crippen LogP contribution is 2.29. The van der Waals surface area contributed by atoms with Gasteiger partial charge in [-0.25, -0.2) is 0 Å². The molecule has 3 heteroatoms. The van der Waals surface area contributed by atoms with E-state index in [-0.39, 0.29) is 0 Å². The Morgan fingerprint density at radius 2 is 2.00 bits per heavy atom. The number of aryl methyl sites for hydroxylation is 1. The van der Waals surface area contributed by atoms with Gasteiger partial charge in [-0.3, -0.25) is 4.90 Å². The van der Waals surface area contributed by atoms with Gasteiger partial charge in [0, 0.05) is 30.7 Å². The predicted octanol–water partition coefficient (Wildman–Crippen LogP) is 3.25. The highest BCUT2D eigenvalue weighted by molar-refractivity contribution is 7.99. The van der Waals surface area contributed by atoms with Crippen molar-refractivity contribution in [3.05, 3.63) is 35.4 Å². The molecule has 0 aromatic heterocycles. The summed E-state index contributed by atoms with van der Waals surface area (Å²) in [5.41, 5.74) is 2.79. The maximum absolute atomic E-state index is 8.84. The number of thioether (sulfide) groups is 1. The van der Waals surface area contributed by atoms with Gasteiger partial charge in [-0.05, 0) is 38.3 Å². The second kappa shape index (κ2) is 7.93. The fourth-order valence-electron chi connectivity index (χ4n) is 2.60. The quantitative estimate of drug-likeness (QED) is 0.809. The maximum atomic E-state index is 8.84. The number of benzene rings is 1. The standard InChI is InChI=1S/C16H25NOS/c1-14-5-7-15(8-6-14)16-13-19-12-10-17(16)9-3-2-4-11-18/h5-8,16,18H,2-4,9-13H2,1H3. The van der Waals surface area contributed by atoms with E-state index in [0.717, 1.165) is 12.8 Å².